The first-order valence-electron chi connectivity index (χ1n) is 6.13. The Balaban J connectivity index is 1.97. The maximum Gasteiger partial charge on any atom is 0.0339 e. The first-order valence-corrected chi connectivity index (χ1v) is 7.80. The van der Waals surface area contributed by atoms with Crippen molar-refractivity contribution in [2.45, 2.75) is 39.7 Å². The predicted octanol–water partition coefficient (Wildman–Crippen LogP) is 4.52. The summed E-state index contributed by atoms with van der Waals surface area (Å²) in [6, 6.07) is 2.16. The van der Waals surface area contributed by atoms with E-state index in [9.17, 15) is 0 Å². The zero-order chi connectivity index (χ0) is 11.6. The Morgan fingerprint density at radius 3 is 2.69 bits per heavy atom. The molecule has 2 rings (SSSR count). The third-order valence-electron chi connectivity index (χ3n) is 4.08. The van der Waals surface area contributed by atoms with Crippen molar-refractivity contribution < 1.29 is 0 Å². The lowest BCUT2D eigenvalue weighted by Gasteiger charge is -2.26. The van der Waals surface area contributed by atoms with E-state index in [-0.39, 0.29) is 0 Å². The quantitative estimate of drug-likeness (QED) is 0.790. The Morgan fingerprint density at radius 2 is 2.19 bits per heavy atom. The van der Waals surface area contributed by atoms with Crippen molar-refractivity contribution in [2.24, 2.45) is 5.41 Å². The molecular formula is C13H20BrNS. The van der Waals surface area contributed by atoms with Crippen molar-refractivity contribution >= 4 is 27.3 Å². The van der Waals surface area contributed by atoms with E-state index in [1.807, 2.05) is 11.3 Å². The first kappa shape index (κ1) is 12.6. The lowest BCUT2D eigenvalue weighted by Crippen LogP contribution is -2.25. The molecule has 0 atom stereocenters. The fourth-order valence-corrected chi connectivity index (χ4v) is 4.15. The Kier molecular flexibility index (Phi) is 4.09. The van der Waals surface area contributed by atoms with Gasteiger partial charge in [-0.25, -0.2) is 0 Å². The molecule has 0 amide bonds. The SMILES string of the molecule is CCC1(CC)CCN(Cc2sccc2Br)C1. The summed E-state index contributed by atoms with van der Waals surface area (Å²) in [5.41, 5.74) is 0.601. The molecule has 1 nitrogen and oxygen atoms in total. The fraction of sp³-hybridized carbons (Fsp3) is 0.692. The van der Waals surface area contributed by atoms with E-state index >= 15 is 0 Å². The van der Waals surface area contributed by atoms with Gasteiger partial charge >= 0.3 is 0 Å². The third-order valence-corrected chi connectivity index (χ3v) is 5.99. The fourth-order valence-electron chi connectivity index (χ4n) is 2.63. The van der Waals surface area contributed by atoms with Crippen LogP contribution in [0.15, 0.2) is 15.9 Å². The molecule has 0 spiro atoms. The van der Waals surface area contributed by atoms with E-state index in [1.54, 1.807) is 0 Å². The molecule has 0 bridgehead atoms. The minimum absolute atomic E-state index is 0.601. The summed E-state index contributed by atoms with van der Waals surface area (Å²) in [5.74, 6) is 0. The van der Waals surface area contributed by atoms with Gasteiger partial charge in [0.25, 0.3) is 0 Å². The highest BCUT2D eigenvalue weighted by Crippen LogP contribution is 2.38. The highest BCUT2D eigenvalue weighted by Gasteiger charge is 2.34. The van der Waals surface area contributed by atoms with Gasteiger partial charge in [-0.2, -0.15) is 0 Å². The molecule has 0 aliphatic carbocycles. The van der Waals surface area contributed by atoms with Crippen LogP contribution in [-0.2, 0) is 6.54 Å². The number of rotatable bonds is 4. The van der Waals surface area contributed by atoms with E-state index < -0.39 is 0 Å². The highest BCUT2D eigenvalue weighted by molar-refractivity contribution is 9.10. The highest BCUT2D eigenvalue weighted by atomic mass is 79.9. The zero-order valence-corrected chi connectivity index (χ0v) is 12.5. The van der Waals surface area contributed by atoms with Crippen LogP contribution in [0.1, 0.15) is 38.0 Å². The lowest BCUT2D eigenvalue weighted by atomic mass is 9.82. The topological polar surface area (TPSA) is 3.24 Å². The van der Waals surface area contributed by atoms with Crippen LogP contribution < -0.4 is 0 Å². The predicted molar refractivity (Wildman–Crippen MR) is 74.9 cm³/mol. The van der Waals surface area contributed by atoms with Crippen molar-refractivity contribution in [1.29, 1.82) is 0 Å². The van der Waals surface area contributed by atoms with Crippen LogP contribution in [0.4, 0.5) is 0 Å². The number of thiophene rings is 1. The largest absolute Gasteiger partial charge is 0.298 e. The summed E-state index contributed by atoms with van der Waals surface area (Å²) >= 11 is 5.48. The van der Waals surface area contributed by atoms with Gasteiger partial charge in [-0.05, 0) is 58.6 Å². The standard InChI is InChI=1S/C13H20BrNS/c1-3-13(4-2)6-7-15(10-13)9-12-11(14)5-8-16-12/h5,8H,3-4,6-7,9-10H2,1-2H3. The molecule has 0 unspecified atom stereocenters. The molecule has 1 aromatic heterocycles. The van der Waals surface area contributed by atoms with Gasteiger partial charge in [0.15, 0.2) is 0 Å². The number of hydrogen-bond acceptors (Lipinski definition) is 2. The van der Waals surface area contributed by atoms with Crippen LogP contribution in [-0.4, -0.2) is 18.0 Å². The van der Waals surface area contributed by atoms with Gasteiger partial charge in [0.05, 0.1) is 0 Å². The number of hydrogen-bond donors (Lipinski definition) is 0. The maximum atomic E-state index is 3.62. The maximum absolute atomic E-state index is 3.62. The molecular weight excluding hydrogens is 282 g/mol. The Hall–Kier alpha value is 0.140. The van der Waals surface area contributed by atoms with Gasteiger partial charge in [0.2, 0.25) is 0 Å². The molecule has 0 saturated carbocycles. The van der Waals surface area contributed by atoms with Crippen LogP contribution in [0.3, 0.4) is 0 Å². The molecule has 0 radical (unpaired) electrons. The average molecular weight is 302 g/mol. The Morgan fingerprint density at radius 1 is 1.44 bits per heavy atom. The molecule has 3 heteroatoms. The van der Waals surface area contributed by atoms with Crippen LogP contribution in [0.25, 0.3) is 0 Å². The molecule has 1 aliphatic heterocycles. The van der Waals surface area contributed by atoms with Gasteiger partial charge in [0, 0.05) is 22.4 Å². The van der Waals surface area contributed by atoms with Gasteiger partial charge < -0.3 is 0 Å². The minimum atomic E-state index is 0.601. The molecule has 90 valence electrons. The van der Waals surface area contributed by atoms with E-state index in [1.165, 1.54) is 41.7 Å². The third kappa shape index (κ3) is 2.52. The summed E-state index contributed by atoms with van der Waals surface area (Å²) in [6.45, 7) is 8.36. The van der Waals surface area contributed by atoms with Crippen molar-refractivity contribution in [3.63, 3.8) is 0 Å². The van der Waals surface area contributed by atoms with Crippen molar-refractivity contribution in [1.82, 2.24) is 4.90 Å². The number of nitrogens with zero attached hydrogens (tertiary/aromatic N) is 1. The molecule has 16 heavy (non-hydrogen) atoms. The van der Waals surface area contributed by atoms with Crippen molar-refractivity contribution in [3.8, 4) is 0 Å². The van der Waals surface area contributed by atoms with Crippen LogP contribution in [0, 0.1) is 5.41 Å². The molecule has 1 aliphatic rings. The summed E-state index contributed by atoms with van der Waals surface area (Å²) in [7, 11) is 0. The Labute approximate surface area is 111 Å². The molecule has 1 aromatic rings. The van der Waals surface area contributed by atoms with E-state index in [0.29, 0.717) is 5.41 Å². The van der Waals surface area contributed by atoms with E-state index in [2.05, 4.69) is 46.1 Å². The van der Waals surface area contributed by atoms with Gasteiger partial charge in [-0.3, -0.25) is 4.90 Å². The average Bonchev–Trinajstić information content (AvgIpc) is 2.88. The second-order valence-electron chi connectivity index (χ2n) is 4.86. The monoisotopic (exact) mass is 301 g/mol. The van der Waals surface area contributed by atoms with E-state index in [0.717, 1.165) is 6.54 Å². The van der Waals surface area contributed by atoms with Crippen LogP contribution in [0.5, 0.6) is 0 Å². The number of halogens is 1. The first-order chi connectivity index (χ1) is 7.69. The van der Waals surface area contributed by atoms with E-state index in [4.69, 9.17) is 0 Å². The molecule has 0 N–H and O–H groups in total. The minimum Gasteiger partial charge on any atom is -0.298 e. The second kappa shape index (κ2) is 5.19. The normalized spacial score (nSPS) is 20.4. The zero-order valence-electron chi connectivity index (χ0n) is 10.1. The molecule has 1 saturated heterocycles. The summed E-state index contributed by atoms with van der Waals surface area (Å²) in [5, 5.41) is 2.17. The lowest BCUT2D eigenvalue weighted by molar-refractivity contribution is 0.237. The van der Waals surface area contributed by atoms with Gasteiger partial charge in [-0.1, -0.05) is 13.8 Å². The second-order valence-corrected chi connectivity index (χ2v) is 6.71. The summed E-state index contributed by atoms with van der Waals surface area (Å²) in [4.78, 5) is 4.09. The smallest absolute Gasteiger partial charge is 0.0339 e. The summed E-state index contributed by atoms with van der Waals surface area (Å²) < 4.78 is 1.28. The Bertz CT molecular complexity index is 343. The van der Waals surface area contributed by atoms with Gasteiger partial charge in [-0.15, -0.1) is 11.3 Å². The van der Waals surface area contributed by atoms with Crippen LogP contribution >= 0.6 is 27.3 Å². The molecule has 2 heterocycles. The molecule has 0 aromatic carbocycles. The molecule has 1 fully saturated rings. The number of likely N-dealkylation sites (tertiary alicyclic amines) is 1. The van der Waals surface area contributed by atoms with Gasteiger partial charge in [0.1, 0.15) is 0 Å². The van der Waals surface area contributed by atoms with Crippen molar-refractivity contribution in [2.75, 3.05) is 13.1 Å². The van der Waals surface area contributed by atoms with Crippen molar-refractivity contribution in [3.05, 3.63) is 20.8 Å². The van der Waals surface area contributed by atoms with Crippen LogP contribution in [0.2, 0.25) is 0 Å². The summed E-state index contributed by atoms with van der Waals surface area (Å²) in [6.07, 6.45) is 4.03.